The number of carbonyl (C=O) groups excluding carboxylic acids is 4. The molecular weight excluding hydrogens is 394 g/mol. The van der Waals surface area contributed by atoms with Gasteiger partial charge in [-0.25, -0.2) is 9.59 Å². The molecule has 1 fully saturated rings. The van der Waals surface area contributed by atoms with Gasteiger partial charge in [-0.1, -0.05) is 20.8 Å². The first-order chi connectivity index (χ1) is 13.6. The van der Waals surface area contributed by atoms with E-state index in [1.165, 1.54) is 11.3 Å². The summed E-state index contributed by atoms with van der Waals surface area (Å²) < 4.78 is 5.04. The summed E-state index contributed by atoms with van der Waals surface area (Å²) in [6.07, 6.45) is 1.99. The summed E-state index contributed by atoms with van der Waals surface area (Å²) in [5, 5.41) is 5.72. The fourth-order valence-corrected chi connectivity index (χ4v) is 4.02. The zero-order chi connectivity index (χ0) is 21.8. The van der Waals surface area contributed by atoms with Crippen LogP contribution in [0.4, 0.5) is 9.80 Å². The maximum Gasteiger partial charge on any atom is 0.341 e. The lowest BCUT2D eigenvalue weighted by Crippen LogP contribution is -2.44. The third kappa shape index (κ3) is 5.35. The van der Waals surface area contributed by atoms with Crippen LogP contribution in [-0.4, -0.2) is 47.4 Å². The number of nitrogens with zero attached hydrogens (tertiary/aromatic N) is 1. The molecule has 1 saturated heterocycles. The van der Waals surface area contributed by atoms with Crippen LogP contribution in [0.25, 0.3) is 0 Å². The van der Waals surface area contributed by atoms with Gasteiger partial charge in [0.05, 0.1) is 12.2 Å². The second-order valence-corrected chi connectivity index (χ2v) is 8.80. The quantitative estimate of drug-likeness (QED) is 0.469. The van der Waals surface area contributed by atoms with E-state index >= 15 is 0 Å². The molecule has 8 nitrogen and oxygen atoms in total. The summed E-state index contributed by atoms with van der Waals surface area (Å²) in [6, 6.07) is 1.11. The minimum absolute atomic E-state index is 0.223. The van der Waals surface area contributed by atoms with Gasteiger partial charge < -0.3 is 15.4 Å². The zero-order valence-electron chi connectivity index (χ0n) is 17.6. The van der Waals surface area contributed by atoms with Crippen LogP contribution < -0.4 is 10.6 Å². The predicted molar refractivity (Wildman–Crippen MR) is 111 cm³/mol. The molecule has 1 aliphatic rings. The highest BCUT2D eigenvalue weighted by Crippen LogP contribution is 2.30. The maximum atomic E-state index is 12.7. The van der Waals surface area contributed by atoms with Gasteiger partial charge in [-0.15, -0.1) is 11.3 Å². The van der Waals surface area contributed by atoms with Crippen LogP contribution in [0.2, 0.25) is 0 Å². The van der Waals surface area contributed by atoms with Gasteiger partial charge in [0.15, 0.2) is 0 Å². The van der Waals surface area contributed by atoms with Gasteiger partial charge in [-0.2, -0.15) is 0 Å². The van der Waals surface area contributed by atoms with Crippen LogP contribution in [0.15, 0.2) is 6.07 Å². The predicted octanol–water partition coefficient (Wildman–Crippen LogP) is 3.17. The first-order valence-electron chi connectivity index (χ1n) is 9.85. The van der Waals surface area contributed by atoms with E-state index < -0.39 is 35.9 Å². The molecule has 2 rings (SSSR count). The topological polar surface area (TPSA) is 105 Å². The molecule has 29 heavy (non-hydrogen) atoms. The lowest BCUT2D eigenvalue weighted by Gasteiger charge is -2.22. The molecule has 160 valence electrons. The van der Waals surface area contributed by atoms with E-state index in [1.807, 2.05) is 20.8 Å². The van der Waals surface area contributed by atoms with E-state index in [0.717, 1.165) is 16.2 Å². The van der Waals surface area contributed by atoms with Crippen molar-refractivity contribution in [1.29, 1.82) is 0 Å². The molecule has 1 aromatic heterocycles. The summed E-state index contributed by atoms with van der Waals surface area (Å²) in [4.78, 5) is 51.5. The van der Waals surface area contributed by atoms with Crippen molar-refractivity contribution in [1.82, 2.24) is 10.2 Å². The number of hydrogen-bond acceptors (Lipinski definition) is 6. The van der Waals surface area contributed by atoms with Gasteiger partial charge >= 0.3 is 12.0 Å². The maximum absolute atomic E-state index is 12.7. The number of imide groups is 1. The summed E-state index contributed by atoms with van der Waals surface area (Å²) in [5.74, 6) is -1.09. The third-order valence-electron chi connectivity index (χ3n) is 4.75. The first-order valence-corrected chi connectivity index (χ1v) is 10.7. The molecule has 0 aromatic carbocycles. The van der Waals surface area contributed by atoms with Gasteiger partial charge in [-0.05, 0) is 45.1 Å². The van der Waals surface area contributed by atoms with Crippen LogP contribution in [0, 0.1) is 5.92 Å². The number of esters is 1. The number of rotatable bonds is 9. The van der Waals surface area contributed by atoms with Crippen LogP contribution in [0.1, 0.15) is 62.7 Å². The Balaban J connectivity index is 2.09. The number of ether oxygens (including phenoxy) is 1. The Hall–Kier alpha value is -2.42. The lowest BCUT2D eigenvalue weighted by molar-refractivity contribution is -0.133. The van der Waals surface area contributed by atoms with Gasteiger partial charge in [0, 0.05) is 4.88 Å². The van der Waals surface area contributed by atoms with E-state index in [4.69, 9.17) is 4.74 Å². The molecule has 0 spiro atoms. The van der Waals surface area contributed by atoms with Crippen molar-refractivity contribution in [2.75, 3.05) is 18.5 Å². The van der Waals surface area contributed by atoms with Gasteiger partial charge in [0.1, 0.15) is 17.1 Å². The van der Waals surface area contributed by atoms with Gasteiger partial charge in [-0.3, -0.25) is 14.5 Å². The highest BCUT2D eigenvalue weighted by molar-refractivity contribution is 7.16. The normalized spacial score (nSPS) is 18.9. The van der Waals surface area contributed by atoms with Crippen molar-refractivity contribution >= 4 is 40.2 Å². The average Bonchev–Trinajstić information content (AvgIpc) is 3.15. The highest BCUT2D eigenvalue weighted by Gasteiger charge is 2.47. The fourth-order valence-electron chi connectivity index (χ4n) is 3.02. The van der Waals surface area contributed by atoms with Crippen molar-refractivity contribution in [3.05, 3.63) is 16.5 Å². The molecule has 2 heterocycles. The number of nitrogens with one attached hydrogen (secondary N) is 2. The summed E-state index contributed by atoms with van der Waals surface area (Å²) >= 11 is 1.28. The molecule has 9 heteroatoms. The smallest absolute Gasteiger partial charge is 0.341 e. The van der Waals surface area contributed by atoms with E-state index in [-0.39, 0.29) is 12.2 Å². The largest absolute Gasteiger partial charge is 0.462 e. The number of aryl methyl sites for hydroxylation is 1. The summed E-state index contributed by atoms with van der Waals surface area (Å²) in [7, 11) is 0. The number of anilines is 1. The van der Waals surface area contributed by atoms with Gasteiger partial charge in [0.25, 0.3) is 5.91 Å². The van der Waals surface area contributed by atoms with Crippen LogP contribution in [0.5, 0.6) is 0 Å². The molecule has 1 aromatic rings. The van der Waals surface area contributed by atoms with Crippen LogP contribution >= 0.6 is 11.3 Å². The summed E-state index contributed by atoms with van der Waals surface area (Å²) in [5.41, 5.74) is -0.725. The van der Waals surface area contributed by atoms with E-state index in [2.05, 4.69) is 10.6 Å². The molecular formula is C20H29N3O5S. The number of thiophene rings is 1. The Morgan fingerprint density at radius 2 is 2.00 bits per heavy atom. The molecule has 0 saturated carbocycles. The average molecular weight is 424 g/mol. The molecule has 1 atom stereocenters. The molecule has 0 radical (unpaired) electrons. The van der Waals surface area contributed by atoms with E-state index in [1.54, 1.807) is 19.9 Å². The third-order valence-corrected chi connectivity index (χ3v) is 5.94. The Bertz CT molecular complexity index is 804. The SMILES string of the molecule is CCOC(=O)c1cc(CC)sc1NC(=O)CN1C(=O)N[C@@](C)(CCC(C)C)C1=O. The Labute approximate surface area is 175 Å². The second kappa shape index (κ2) is 9.39. The van der Waals surface area contributed by atoms with E-state index in [0.29, 0.717) is 23.8 Å². The highest BCUT2D eigenvalue weighted by atomic mass is 32.1. The summed E-state index contributed by atoms with van der Waals surface area (Å²) in [6.45, 7) is 9.23. The minimum Gasteiger partial charge on any atom is -0.462 e. The Morgan fingerprint density at radius 1 is 1.31 bits per heavy atom. The van der Waals surface area contributed by atoms with Crippen molar-refractivity contribution in [3.63, 3.8) is 0 Å². The lowest BCUT2D eigenvalue weighted by atomic mass is 9.92. The molecule has 4 amide bonds. The zero-order valence-corrected chi connectivity index (χ0v) is 18.4. The molecule has 2 N–H and O–H groups in total. The molecule has 1 aliphatic heterocycles. The molecule has 0 unspecified atom stereocenters. The number of urea groups is 1. The molecule has 0 bridgehead atoms. The number of hydrogen-bond donors (Lipinski definition) is 2. The van der Waals surface area contributed by atoms with Crippen LogP contribution in [0.3, 0.4) is 0 Å². The Kier molecular flexibility index (Phi) is 7.40. The first kappa shape index (κ1) is 22.9. The standard InChI is InChI=1S/C20H29N3O5S/c1-6-13-10-14(17(25)28-7-2)16(29-13)21-15(24)11-23-18(26)20(5,22-19(23)27)9-8-12(3)4/h10,12H,6-9,11H2,1-5H3,(H,21,24)(H,22,27)/t20-/m0/s1. The monoisotopic (exact) mass is 423 g/mol. The van der Waals surface area contributed by atoms with Gasteiger partial charge in [0.2, 0.25) is 5.91 Å². The van der Waals surface area contributed by atoms with Crippen molar-refractivity contribution in [2.45, 2.75) is 59.4 Å². The minimum atomic E-state index is -1.00. The van der Waals surface area contributed by atoms with Crippen molar-refractivity contribution in [3.8, 4) is 0 Å². The number of carbonyl (C=O) groups is 4. The Morgan fingerprint density at radius 3 is 2.59 bits per heavy atom. The molecule has 0 aliphatic carbocycles. The van der Waals surface area contributed by atoms with E-state index in [9.17, 15) is 19.2 Å². The van der Waals surface area contributed by atoms with Crippen molar-refractivity contribution < 1.29 is 23.9 Å². The number of amides is 4. The van der Waals surface area contributed by atoms with Crippen LogP contribution in [-0.2, 0) is 20.7 Å². The fraction of sp³-hybridized carbons (Fsp3) is 0.600. The second-order valence-electron chi connectivity index (χ2n) is 7.66. The van der Waals surface area contributed by atoms with Crippen molar-refractivity contribution in [2.24, 2.45) is 5.92 Å².